The van der Waals surface area contributed by atoms with Crippen LogP contribution in [0, 0.1) is 6.92 Å². The standard InChI is InChI=1S/C16H22N4O2/c1-12-4-5-14(22-12)16(21)19-7-6-15-17-10-13(11-18(2)3)20(15)9-8-19/h4-5,10H,6-9,11H2,1-3H3. The van der Waals surface area contributed by atoms with Gasteiger partial charge in [0.2, 0.25) is 0 Å². The van der Waals surface area contributed by atoms with Crippen molar-refractivity contribution in [2.45, 2.75) is 26.4 Å². The van der Waals surface area contributed by atoms with Gasteiger partial charge in [0.1, 0.15) is 11.6 Å². The van der Waals surface area contributed by atoms with Crippen LogP contribution in [0.15, 0.2) is 22.7 Å². The first-order valence-corrected chi connectivity index (χ1v) is 7.58. The van der Waals surface area contributed by atoms with Crippen LogP contribution in [0.5, 0.6) is 0 Å². The molecular formula is C16H22N4O2. The van der Waals surface area contributed by atoms with Crippen molar-refractivity contribution in [3.8, 4) is 0 Å². The average Bonchev–Trinajstić information content (AvgIpc) is 2.99. The van der Waals surface area contributed by atoms with Crippen LogP contribution < -0.4 is 0 Å². The van der Waals surface area contributed by atoms with Crippen LogP contribution in [0.4, 0.5) is 0 Å². The minimum absolute atomic E-state index is 0.0342. The second kappa shape index (κ2) is 5.96. The maximum atomic E-state index is 12.5. The van der Waals surface area contributed by atoms with Crippen LogP contribution in [0.25, 0.3) is 0 Å². The maximum absolute atomic E-state index is 12.5. The van der Waals surface area contributed by atoms with Crippen LogP contribution in [-0.4, -0.2) is 52.4 Å². The Labute approximate surface area is 130 Å². The zero-order chi connectivity index (χ0) is 15.7. The fraction of sp³-hybridized carbons (Fsp3) is 0.500. The maximum Gasteiger partial charge on any atom is 0.289 e. The van der Waals surface area contributed by atoms with Crippen LogP contribution in [-0.2, 0) is 19.5 Å². The van der Waals surface area contributed by atoms with E-state index in [0.29, 0.717) is 18.8 Å². The van der Waals surface area contributed by atoms with Gasteiger partial charge in [-0.3, -0.25) is 4.79 Å². The number of hydrogen-bond acceptors (Lipinski definition) is 4. The molecule has 6 heteroatoms. The number of imidazole rings is 1. The summed E-state index contributed by atoms with van der Waals surface area (Å²) in [7, 11) is 4.09. The van der Waals surface area contributed by atoms with E-state index in [9.17, 15) is 4.79 Å². The van der Waals surface area contributed by atoms with Crippen LogP contribution in [0.3, 0.4) is 0 Å². The van der Waals surface area contributed by atoms with Gasteiger partial charge >= 0.3 is 0 Å². The summed E-state index contributed by atoms with van der Waals surface area (Å²) in [6, 6.07) is 3.57. The van der Waals surface area contributed by atoms with E-state index in [4.69, 9.17) is 4.42 Å². The van der Waals surface area contributed by atoms with Gasteiger partial charge in [0, 0.05) is 38.8 Å². The molecule has 2 aromatic rings. The molecule has 3 rings (SSSR count). The largest absolute Gasteiger partial charge is 0.456 e. The van der Waals surface area contributed by atoms with Gasteiger partial charge in [0.05, 0.1) is 5.69 Å². The van der Waals surface area contributed by atoms with E-state index in [2.05, 4.69) is 14.5 Å². The summed E-state index contributed by atoms with van der Waals surface area (Å²) in [5.74, 6) is 2.21. The SMILES string of the molecule is Cc1ccc(C(=O)N2CCc3ncc(CN(C)C)n3CC2)o1. The number of furan rings is 1. The first kappa shape index (κ1) is 14.8. The number of amides is 1. The highest BCUT2D eigenvalue weighted by molar-refractivity contribution is 5.91. The molecule has 0 atom stereocenters. The van der Waals surface area contributed by atoms with Crippen molar-refractivity contribution in [3.63, 3.8) is 0 Å². The number of nitrogens with zero attached hydrogens (tertiary/aromatic N) is 4. The number of hydrogen-bond donors (Lipinski definition) is 0. The van der Waals surface area contributed by atoms with E-state index >= 15 is 0 Å². The van der Waals surface area contributed by atoms with E-state index < -0.39 is 0 Å². The molecule has 0 saturated carbocycles. The van der Waals surface area contributed by atoms with Crippen molar-refractivity contribution in [2.75, 3.05) is 27.2 Å². The van der Waals surface area contributed by atoms with E-state index in [-0.39, 0.29) is 5.91 Å². The summed E-state index contributed by atoms with van der Waals surface area (Å²) >= 11 is 0. The molecule has 118 valence electrons. The molecule has 6 nitrogen and oxygen atoms in total. The molecule has 1 aliphatic rings. The molecule has 2 aromatic heterocycles. The predicted molar refractivity (Wildman–Crippen MR) is 82.7 cm³/mol. The van der Waals surface area contributed by atoms with Crippen molar-refractivity contribution in [3.05, 3.63) is 41.4 Å². The lowest BCUT2D eigenvalue weighted by Gasteiger charge is -2.19. The van der Waals surface area contributed by atoms with Gasteiger partial charge in [-0.1, -0.05) is 0 Å². The van der Waals surface area contributed by atoms with Gasteiger partial charge < -0.3 is 18.8 Å². The molecule has 0 N–H and O–H groups in total. The van der Waals surface area contributed by atoms with Crippen molar-refractivity contribution in [2.24, 2.45) is 0 Å². The summed E-state index contributed by atoms with van der Waals surface area (Å²) < 4.78 is 7.69. The second-order valence-corrected chi connectivity index (χ2v) is 6.01. The monoisotopic (exact) mass is 302 g/mol. The molecule has 0 fully saturated rings. The van der Waals surface area contributed by atoms with Crippen LogP contribution >= 0.6 is 0 Å². The Balaban J connectivity index is 1.73. The lowest BCUT2D eigenvalue weighted by molar-refractivity contribution is 0.0725. The van der Waals surface area contributed by atoms with Crippen LogP contribution in [0.2, 0.25) is 0 Å². The number of carbonyl (C=O) groups excluding carboxylic acids is 1. The summed E-state index contributed by atoms with van der Waals surface area (Å²) in [6.45, 7) is 4.85. The fourth-order valence-corrected chi connectivity index (χ4v) is 2.85. The first-order chi connectivity index (χ1) is 10.5. The van der Waals surface area contributed by atoms with Crippen molar-refractivity contribution in [1.82, 2.24) is 19.4 Å². The highest BCUT2D eigenvalue weighted by atomic mass is 16.3. The highest BCUT2D eigenvalue weighted by Gasteiger charge is 2.23. The third-order valence-corrected chi connectivity index (χ3v) is 3.94. The third kappa shape index (κ3) is 2.92. The number of rotatable bonds is 3. The molecule has 22 heavy (non-hydrogen) atoms. The number of aryl methyl sites for hydroxylation is 1. The van der Waals surface area contributed by atoms with E-state index in [1.165, 1.54) is 5.69 Å². The summed E-state index contributed by atoms with van der Waals surface area (Å²) in [5, 5.41) is 0. The number of aromatic nitrogens is 2. The third-order valence-electron chi connectivity index (χ3n) is 3.94. The van der Waals surface area contributed by atoms with Crippen LogP contribution in [0.1, 0.15) is 27.8 Å². The fourth-order valence-electron chi connectivity index (χ4n) is 2.85. The summed E-state index contributed by atoms with van der Waals surface area (Å²) in [5.41, 5.74) is 1.20. The van der Waals surface area contributed by atoms with E-state index in [1.54, 1.807) is 6.07 Å². The topological polar surface area (TPSA) is 54.5 Å². The molecular weight excluding hydrogens is 280 g/mol. The van der Waals surface area contributed by atoms with Gasteiger partial charge in [0.25, 0.3) is 5.91 Å². The summed E-state index contributed by atoms with van der Waals surface area (Å²) in [6.07, 6.45) is 2.72. The Bertz CT molecular complexity index is 671. The van der Waals surface area contributed by atoms with Gasteiger partial charge in [-0.25, -0.2) is 4.98 Å². The zero-order valence-corrected chi connectivity index (χ0v) is 13.4. The molecule has 0 radical (unpaired) electrons. The Morgan fingerprint density at radius 3 is 2.82 bits per heavy atom. The molecule has 0 saturated heterocycles. The second-order valence-electron chi connectivity index (χ2n) is 6.01. The Morgan fingerprint density at radius 1 is 1.32 bits per heavy atom. The molecule has 0 bridgehead atoms. The highest BCUT2D eigenvalue weighted by Crippen LogP contribution is 2.16. The van der Waals surface area contributed by atoms with E-state index in [0.717, 1.165) is 31.1 Å². The Kier molecular flexibility index (Phi) is 4.02. The molecule has 0 aliphatic carbocycles. The molecule has 0 aromatic carbocycles. The zero-order valence-electron chi connectivity index (χ0n) is 13.4. The Morgan fingerprint density at radius 2 is 2.14 bits per heavy atom. The quantitative estimate of drug-likeness (QED) is 0.863. The minimum atomic E-state index is -0.0342. The van der Waals surface area contributed by atoms with Gasteiger partial charge in [0.15, 0.2) is 5.76 Å². The average molecular weight is 302 g/mol. The lowest BCUT2D eigenvalue weighted by atomic mass is 10.3. The van der Waals surface area contributed by atoms with Crippen molar-refractivity contribution < 1.29 is 9.21 Å². The summed E-state index contributed by atoms with van der Waals surface area (Å²) in [4.78, 5) is 21.0. The molecule has 3 heterocycles. The van der Waals surface area contributed by atoms with Gasteiger partial charge in [-0.15, -0.1) is 0 Å². The molecule has 1 amide bonds. The normalized spacial score (nSPS) is 15.0. The van der Waals surface area contributed by atoms with Gasteiger partial charge in [-0.05, 0) is 33.2 Å². The number of fused-ring (bicyclic) bond motifs is 1. The lowest BCUT2D eigenvalue weighted by Crippen LogP contribution is -2.33. The number of carbonyl (C=O) groups is 1. The van der Waals surface area contributed by atoms with Gasteiger partial charge in [-0.2, -0.15) is 0 Å². The minimum Gasteiger partial charge on any atom is -0.456 e. The molecule has 1 aliphatic heterocycles. The molecule has 0 spiro atoms. The smallest absolute Gasteiger partial charge is 0.289 e. The Hall–Kier alpha value is -2.08. The van der Waals surface area contributed by atoms with Crippen molar-refractivity contribution in [1.29, 1.82) is 0 Å². The molecule has 0 unspecified atom stereocenters. The van der Waals surface area contributed by atoms with E-state index in [1.807, 2.05) is 38.2 Å². The predicted octanol–water partition coefficient (Wildman–Crippen LogP) is 1.54. The first-order valence-electron chi connectivity index (χ1n) is 7.58. The van der Waals surface area contributed by atoms with Crippen molar-refractivity contribution >= 4 is 5.91 Å².